The van der Waals surface area contributed by atoms with E-state index in [1.165, 1.54) is 11.1 Å². The van der Waals surface area contributed by atoms with Gasteiger partial charge in [-0.3, -0.25) is 0 Å². The second-order valence-corrected chi connectivity index (χ2v) is 5.26. The molecule has 1 aromatic carbocycles. The fraction of sp³-hybridized carbons (Fsp3) is 0.647. The highest BCUT2D eigenvalue weighted by molar-refractivity contribution is 5.21. The lowest BCUT2D eigenvalue weighted by molar-refractivity contribution is 0.0760. The van der Waals surface area contributed by atoms with E-state index in [9.17, 15) is 0 Å². The minimum atomic E-state index is 0.346. The van der Waals surface area contributed by atoms with Crippen molar-refractivity contribution in [2.75, 3.05) is 19.8 Å². The third-order valence-electron chi connectivity index (χ3n) is 3.02. The number of unbranched alkanes of at least 4 members (excludes halogenated alkanes) is 1. The molecular weight excluding hydrogens is 250 g/mol. The van der Waals surface area contributed by atoms with E-state index in [2.05, 4.69) is 43.4 Å². The van der Waals surface area contributed by atoms with Gasteiger partial charge in [0, 0.05) is 19.8 Å². The topological polar surface area (TPSA) is 30.5 Å². The lowest BCUT2D eigenvalue weighted by Crippen LogP contribution is -2.15. The Bertz CT molecular complexity index is 335. The normalized spacial score (nSPS) is 11.2. The number of nitrogens with one attached hydrogen (secondary N) is 1. The molecule has 0 aliphatic rings. The molecule has 0 heterocycles. The van der Waals surface area contributed by atoms with Crippen LogP contribution in [0.4, 0.5) is 0 Å². The van der Waals surface area contributed by atoms with Gasteiger partial charge in [0.25, 0.3) is 0 Å². The molecule has 20 heavy (non-hydrogen) atoms. The van der Waals surface area contributed by atoms with Crippen LogP contribution in [0.25, 0.3) is 0 Å². The zero-order valence-corrected chi connectivity index (χ0v) is 13.2. The highest BCUT2D eigenvalue weighted by Crippen LogP contribution is 2.05. The molecule has 0 bridgehead atoms. The Morgan fingerprint density at radius 2 is 1.75 bits per heavy atom. The molecule has 1 aromatic rings. The molecule has 3 heteroatoms. The van der Waals surface area contributed by atoms with Crippen molar-refractivity contribution in [3.8, 4) is 0 Å². The molecule has 0 spiro atoms. The Kier molecular flexibility index (Phi) is 9.29. The molecule has 0 saturated carbocycles. The number of hydrogen-bond acceptors (Lipinski definition) is 3. The van der Waals surface area contributed by atoms with Gasteiger partial charge in [-0.1, -0.05) is 24.3 Å². The third kappa shape index (κ3) is 8.31. The standard InChI is InChI=1S/C17H29NO2/c1-4-19-14-17-9-7-16(8-10-17)13-18-11-5-6-12-20-15(2)3/h7-10,15,18H,4-6,11-14H2,1-3H3. The Hall–Kier alpha value is -0.900. The number of hydrogen-bond donors (Lipinski definition) is 1. The van der Waals surface area contributed by atoms with Crippen LogP contribution < -0.4 is 5.32 Å². The van der Waals surface area contributed by atoms with Crippen LogP contribution in [-0.4, -0.2) is 25.9 Å². The van der Waals surface area contributed by atoms with Gasteiger partial charge in [-0.25, -0.2) is 0 Å². The minimum Gasteiger partial charge on any atom is -0.379 e. The number of rotatable bonds is 11. The van der Waals surface area contributed by atoms with Gasteiger partial charge < -0.3 is 14.8 Å². The van der Waals surface area contributed by atoms with E-state index in [1.54, 1.807) is 0 Å². The Morgan fingerprint density at radius 3 is 2.40 bits per heavy atom. The van der Waals surface area contributed by atoms with E-state index in [-0.39, 0.29) is 0 Å². The first-order valence-corrected chi connectivity index (χ1v) is 7.70. The average molecular weight is 279 g/mol. The van der Waals surface area contributed by atoms with Gasteiger partial charge in [-0.05, 0) is 51.3 Å². The molecule has 0 saturated heterocycles. The summed E-state index contributed by atoms with van der Waals surface area (Å²) in [7, 11) is 0. The predicted octanol–water partition coefficient (Wildman–Crippen LogP) is 3.52. The molecule has 0 radical (unpaired) electrons. The summed E-state index contributed by atoms with van der Waals surface area (Å²) in [4.78, 5) is 0. The molecule has 0 aliphatic carbocycles. The summed E-state index contributed by atoms with van der Waals surface area (Å²) in [6.45, 7) is 10.5. The van der Waals surface area contributed by atoms with Gasteiger partial charge in [0.05, 0.1) is 12.7 Å². The summed E-state index contributed by atoms with van der Waals surface area (Å²) in [5.41, 5.74) is 2.56. The summed E-state index contributed by atoms with van der Waals surface area (Å²) in [5.74, 6) is 0. The maximum atomic E-state index is 5.51. The van der Waals surface area contributed by atoms with Crippen molar-refractivity contribution in [3.05, 3.63) is 35.4 Å². The van der Waals surface area contributed by atoms with Gasteiger partial charge in [0.2, 0.25) is 0 Å². The maximum absolute atomic E-state index is 5.51. The molecular formula is C17H29NO2. The monoisotopic (exact) mass is 279 g/mol. The van der Waals surface area contributed by atoms with Crippen molar-refractivity contribution in [3.63, 3.8) is 0 Å². The number of ether oxygens (including phenoxy) is 2. The van der Waals surface area contributed by atoms with Crippen LogP contribution in [-0.2, 0) is 22.6 Å². The van der Waals surface area contributed by atoms with Crippen LogP contribution in [0.3, 0.4) is 0 Å². The largest absolute Gasteiger partial charge is 0.379 e. The van der Waals surface area contributed by atoms with Gasteiger partial charge in [0.15, 0.2) is 0 Å². The molecule has 0 aliphatic heterocycles. The second kappa shape index (κ2) is 10.8. The lowest BCUT2D eigenvalue weighted by atomic mass is 10.1. The molecule has 0 unspecified atom stereocenters. The maximum Gasteiger partial charge on any atom is 0.0716 e. The van der Waals surface area contributed by atoms with E-state index < -0.39 is 0 Å². The van der Waals surface area contributed by atoms with Gasteiger partial charge in [-0.15, -0.1) is 0 Å². The quantitative estimate of drug-likeness (QED) is 0.629. The zero-order valence-electron chi connectivity index (χ0n) is 13.2. The van der Waals surface area contributed by atoms with Crippen molar-refractivity contribution in [2.24, 2.45) is 0 Å². The summed E-state index contributed by atoms with van der Waals surface area (Å²) in [6.07, 6.45) is 2.63. The highest BCUT2D eigenvalue weighted by Gasteiger charge is 1.96. The van der Waals surface area contributed by atoms with E-state index >= 15 is 0 Å². The van der Waals surface area contributed by atoms with Crippen molar-refractivity contribution >= 4 is 0 Å². The summed E-state index contributed by atoms with van der Waals surface area (Å²) >= 11 is 0. The van der Waals surface area contributed by atoms with Gasteiger partial charge in [-0.2, -0.15) is 0 Å². The van der Waals surface area contributed by atoms with E-state index in [1.807, 2.05) is 6.92 Å². The molecule has 0 fully saturated rings. The summed E-state index contributed by atoms with van der Waals surface area (Å²) in [5, 5.41) is 3.47. The molecule has 1 rings (SSSR count). The summed E-state index contributed by atoms with van der Waals surface area (Å²) in [6, 6.07) is 8.62. The molecule has 0 aromatic heterocycles. The lowest BCUT2D eigenvalue weighted by Gasteiger charge is -2.08. The summed E-state index contributed by atoms with van der Waals surface area (Å²) < 4.78 is 10.9. The molecule has 114 valence electrons. The SMILES string of the molecule is CCOCc1ccc(CNCCCCOC(C)C)cc1. The van der Waals surface area contributed by atoms with E-state index in [4.69, 9.17) is 9.47 Å². The Labute approximate surface area is 123 Å². The molecule has 0 atom stereocenters. The average Bonchev–Trinajstić information content (AvgIpc) is 2.45. The van der Waals surface area contributed by atoms with Gasteiger partial charge in [0.1, 0.15) is 0 Å². The van der Waals surface area contributed by atoms with Crippen LogP contribution in [0.1, 0.15) is 44.7 Å². The van der Waals surface area contributed by atoms with Crippen LogP contribution in [0.15, 0.2) is 24.3 Å². The van der Waals surface area contributed by atoms with Crippen molar-refractivity contribution in [1.82, 2.24) is 5.32 Å². The van der Waals surface area contributed by atoms with Gasteiger partial charge >= 0.3 is 0 Å². The fourth-order valence-electron chi connectivity index (χ4n) is 1.88. The highest BCUT2D eigenvalue weighted by atomic mass is 16.5. The third-order valence-corrected chi connectivity index (χ3v) is 3.02. The van der Waals surface area contributed by atoms with E-state index in [0.29, 0.717) is 12.7 Å². The second-order valence-electron chi connectivity index (χ2n) is 5.26. The van der Waals surface area contributed by atoms with Crippen molar-refractivity contribution in [2.45, 2.75) is 52.9 Å². The molecule has 1 N–H and O–H groups in total. The molecule has 3 nitrogen and oxygen atoms in total. The van der Waals surface area contributed by atoms with Crippen LogP contribution in [0.2, 0.25) is 0 Å². The van der Waals surface area contributed by atoms with E-state index in [0.717, 1.165) is 39.1 Å². The van der Waals surface area contributed by atoms with Crippen LogP contribution in [0, 0.1) is 0 Å². The minimum absolute atomic E-state index is 0.346. The fourth-order valence-corrected chi connectivity index (χ4v) is 1.88. The smallest absolute Gasteiger partial charge is 0.0716 e. The first-order valence-electron chi connectivity index (χ1n) is 7.70. The van der Waals surface area contributed by atoms with Crippen molar-refractivity contribution < 1.29 is 9.47 Å². The Morgan fingerprint density at radius 1 is 1.05 bits per heavy atom. The molecule has 0 amide bonds. The van der Waals surface area contributed by atoms with Crippen molar-refractivity contribution in [1.29, 1.82) is 0 Å². The zero-order chi connectivity index (χ0) is 14.6. The predicted molar refractivity (Wildman–Crippen MR) is 83.8 cm³/mol. The Balaban J connectivity index is 2.07. The van der Waals surface area contributed by atoms with Crippen LogP contribution >= 0.6 is 0 Å². The number of benzene rings is 1. The first-order chi connectivity index (χ1) is 9.72. The van der Waals surface area contributed by atoms with Crippen LogP contribution in [0.5, 0.6) is 0 Å². The first kappa shape index (κ1) is 17.2.